The van der Waals surface area contributed by atoms with Crippen molar-refractivity contribution in [3.63, 3.8) is 0 Å². The predicted molar refractivity (Wildman–Crippen MR) is 65.1 cm³/mol. The van der Waals surface area contributed by atoms with E-state index in [1.54, 1.807) is 18.2 Å². The minimum absolute atomic E-state index is 0.0615. The third-order valence-corrected chi connectivity index (χ3v) is 4.65. The van der Waals surface area contributed by atoms with Crippen LogP contribution in [0.2, 0.25) is 5.02 Å². The van der Waals surface area contributed by atoms with Gasteiger partial charge in [0.25, 0.3) is 0 Å². The van der Waals surface area contributed by atoms with Gasteiger partial charge in [-0.25, -0.2) is 0 Å². The summed E-state index contributed by atoms with van der Waals surface area (Å²) in [5.74, 6) is 0. The van der Waals surface area contributed by atoms with Crippen molar-refractivity contribution in [2.24, 2.45) is 5.73 Å². The Kier molecular flexibility index (Phi) is 3.97. The first-order valence-electron chi connectivity index (χ1n) is 5.18. The van der Waals surface area contributed by atoms with E-state index in [1.807, 2.05) is 6.07 Å². The van der Waals surface area contributed by atoms with Crippen molar-refractivity contribution in [2.75, 3.05) is 13.2 Å². The third kappa shape index (κ3) is 2.63. The molecule has 2 N–H and O–H groups in total. The van der Waals surface area contributed by atoms with Crippen LogP contribution in [0.15, 0.2) is 29.2 Å². The van der Waals surface area contributed by atoms with Gasteiger partial charge in [0.2, 0.25) is 0 Å². The zero-order chi connectivity index (χ0) is 11.5. The summed E-state index contributed by atoms with van der Waals surface area (Å²) in [5, 5.41) is 0.461. The second-order valence-corrected chi connectivity index (χ2v) is 5.93. The Morgan fingerprint density at radius 1 is 1.50 bits per heavy atom. The maximum atomic E-state index is 12.3. The molecule has 0 radical (unpaired) electrons. The lowest BCUT2D eigenvalue weighted by atomic mass is 10.1. The van der Waals surface area contributed by atoms with Crippen molar-refractivity contribution in [3.05, 3.63) is 29.3 Å². The quantitative estimate of drug-likeness (QED) is 0.877. The van der Waals surface area contributed by atoms with Crippen LogP contribution in [0.25, 0.3) is 0 Å². The van der Waals surface area contributed by atoms with Crippen LogP contribution >= 0.6 is 11.6 Å². The molecule has 3 atom stereocenters. The molecule has 1 aliphatic rings. The molecule has 1 aromatic rings. The topological polar surface area (TPSA) is 52.3 Å². The van der Waals surface area contributed by atoms with E-state index in [2.05, 4.69) is 0 Å². The van der Waals surface area contributed by atoms with Crippen LogP contribution in [0.1, 0.15) is 6.42 Å². The lowest BCUT2D eigenvalue weighted by Gasteiger charge is -2.27. The molecule has 16 heavy (non-hydrogen) atoms. The first kappa shape index (κ1) is 12.0. The highest BCUT2D eigenvalue weighted by atomic mass is 35.5. The first-order valence-corrected chi connectivity index (χ1v) is 6.77. The highest BCUT2D eigenvalue weighted by molar-refractivity contribution is 7.85. The zero-order valence-electron chi connectivity index (χ0n) is 8.77. The summed E-state index contributed by atoms with van der Waals surface area (Å²) in [4.78, 5) is 0.721. The van der Waals surface area contributed by atoms with Crippen molar-refractivity contribution in [1.29, 1.82) is 0 Å². The number of nitrogens with two attached hydrogens (primary N) is 1. The standard InChI is InChI=1S/C11H14ClNO2S/c12-8-2-1-3-9(6-8)16(14)11-7-15-5-4-10(11)13/h1-3,6,10-11H,4-5,7,13H2. The highest BCUT2D eigenvalue weighted by Crippen LogP contribution is 2.20. The Hall–Kier alpha value is -0.420. The number of hydrogen-bond donors (Lipinski definition) is 1. The number of halogens is 1. The average Bonchev–Trinajstić information content (AvgIpc) is 2.29. The molecule has 88 valence electrons. The van der Waals surface area contributed by atoms with Gasteiger partial charge in [0.15, 0.2) is 0 Å². The smallest absolute Gasteiger partial charge is 0.0779 e. The molecule has 0 aromatic heterocycles. The minimum Gasteiger partial charge on any atom is -0.380 e. The van der Waals surface area contributed by atoms with Crippen LogP contribution in [0, 0.1) is 0 Å². The maximum Gasteiger partial charge on any atom is 0.0779 e. The Morgan fingerprint density at radius 2 is 2.31 bits per heavy atom. The van der Waals surface area contributed by atoms with Crippen LogP contribution in [0.5, 0.6) is 0 Å². The molecule has 1 saturated heterocycles. The molecule has 0 saturated carbocycles. The van der Waals surface area contributed by atoms with Crippen molar-refractivity contribution >= 4 is 22.4 Å². The van der Waals surface area contributed by atoms with Crippen LogP contribution in [-0.4, -0.2) is 28.7 Å². The van der Waals surface area contributed by atoms with E-state index in [9.17, 15) is 4.21 Å². The number of ether oxygens (including phenoxy) is 1. The maximum absolute atomic E-state index is 12.3. The fourth-order valence-corrected chi connectivity index (χ4v) is 3.45. The fraction of sp³-hybridized carbons (Fsp3) is 0.455. The summed E-state index contributed by atoms with van der Waals surface area (Å²) in [6.07, 6.45) is 0.761. The molecule has 2 rings (SSSR count). The summed E-state index contributed by atoms with van der Waals surface area (Å²) >= 11 is 5.87. The summed E-state index contributed by atoms with van der Waals surface area (Å²) in [7, 11) is -1.14. The van der Waals surface area contributed by atoms with Gasteiger partial charge in [-0.15, -0.1) is 0 Å². The number of rotatable bonds is 2. The Morgan fingerprint density at radius 3 is 3.00 bits per heavy atom. The second-order valence-electron chi connectivity index (χ2n) is 3.82. The molecule has 1 aliphatic heterocycles. The summed E-state index contributed by atoms with van der Waals surface area (Å²) in [6.45, 7) is 1.12. The molecule has 3 nitrogen and oxygen atoms in total. The van der Waals surface area contributed by atoms with Gasteiger partial charge < -0.3 is 10.5 Å². The molecule has 5 heteroatoms. The lowest BCUT2D eigenvalue weighted by Crippen LogP contribution is -2.45. The van der Waals surface area contributed by atoms with Crippen LogP contribution in [0.4, 0.5) is 0 Å². The van der Waals surface area contributed by atoms with Gasteiger partial charge in [-0.1, -0.05) is 17.7 Å². The van der Waals surface area contributed by atoms with Crippen LogP contribution in [-0.2, 0) is 15.5 Å². The molecule has 1 aromatic carbocycles. The predicted octanol–water partition coefficient (Wildman–Crippen LogP) is 1.56. The SMILES string of the molecule is NC1CCOCC1S(=O)c1cccc(Cl)c1. The summed E-state index contributed by atoms with van der Waals surface area (Å²) in [5.41, 5.74) is 5.95. The van der Waals surface area contributed by atoms with E-state index in [0.29, 0.717) is 18.2 Å². The van der Waals surface area contributed by atoms with Crippen LogP contribution in [0.3, 0.4) is 0 Å². The third-order valence-electron chi connectivity index (χ3n) is 2.66. The molecular formula is C11H14ClNO2S. The van der Waals surface area contributed by atoms with E-state index < -0.39 is 10.8 Å². The highest BCUT2D eigenvalue weighted by Gasteiger charge is 2.28. The monoisotopic (exact) mass is 259 g/mol. The molecule has 1 fully saturated rings. The van der Waals surface area contributed by atoms with Gasteiger partial charge in [-0.3, -0.25) is 4.21 Å². The molecule has 1 heterocycles. The van der Waals surface area contributed by atoms with Gasteiger partial charge in [-0.2, -0.15) is 0 Å². The van der Waals surface area contributed by atoms with Crippen molar-refractivity contribution < 1.29 is 8.95 Å². The van der Waals surface area contributed by atoms with Gasteiger partial charge in [0.1, 0.15) is 0 Å². The zero-order valence-corrected chi connectivity index (χ0v) is 10.3. The molecule has 0 spiro atoms. The van der Waals surface area contributed by atoms with Gasteiger partial charge in [-0.05, 0) is 24.6 Å². The van der Waals surface area contributed by atoms with Crippen molar-refractivity contribution in [1.82, 2.24) is 0 Å². The first-order chi connectivity index (χ1) is 7.68. The van der Waals surface area contributed by atoms with E-state index in [0.717, 1.165) is 11.3 Å². The van der Waals surface area contributed by atoms with Crippen LogP contribution < -0.4 is 5.73 Å². The number of benzene rings is 1. The molecule has 0 amide bonds. The van der Waals surface area contributed by atoms with Crippen molar-refractivity contribution in [3.8, 4) is 0 Å². The van der Waals surface area contributed by atoms with E-state index in [-0.39, 0.29) is 11.3 Å². The lowest BCUT2D eigenvalue weighted by molar-refractivity contribution is 0.0904. The van der Waals surface area contributed by atoms with E-state index >= 15 is 0 Å². The largest absolute Gasteiger partial charge is 0.380 e. The minimum atomic E-state index is -1.14. The Bertz CT molecular complexity index is 399. The van der Waals surface area contributed by atoms with Crippen molar-refractivity contribution in [2.45, 2.75) is 22.6 Å². The van der Waals surface area contributed by atoms with Gasteiger partial charge >= 0.3 is 0 Å². The second kappa shape index (κ2) is 5.27. The summed E-state index contributed by atoms with van der Waals surface area (Å²) < 4.78 is 17.6. The Labute approximate surface area is 102 Å². The van der Waals surface area contributed by atoms with Gasteiger partial charge in [0, 0.05) is 22.6 Å². The van der Waals surface area contributed by atoms with E-state index in [1.165, 1.54) is 0 Å². The normalized spacial score (nSPS) is 27.6. The number of hydrogen-bond acceptors (Lipinski definition) is 3. The van der Waals surface area contributed by atoms with Gasteiger partial charge in [0.05, 0.1) is 22.7 Å². The molecule has 3 unspecified atom stereocenters. The Balaban J connectivity index is 2.17. The molecule has 0 aliphatic carbocycles. The fourth-order valence-electron chi connectivity index (χ4n) is 1.72. The van der Waals surface area contributed by atoms with E-state index in [4.69, 9.17) is 22.1 Å². The molecule has 0 bridgehead atoms. The summed E-state index contributed by atoms with van der Waals surface area (Å²) in [6, 6.07) is 7.03. The average molecular weight is 260 g/mol. The molecular weight excluding hydrogens is 246 g/mol.